The number of piperidine rings is 1. The van der Waals surface area contributed by atoms with Gasteiger partial charge in [-0.15, -0.1) is 0 Å². The molecule has 4 aromatic rings. The smallest absolute Gasteiger partial charge is 0.164 e. The summed E-state index contributed by atoms with van der Waals surface area (Å²) in [4.78, 5) is 10.5. The van der Waals surface area contributed by atoms with Gasteiger partial charge < -0.3 is 15.4 Å². The van der Waals surface area contributed by atoms with Gasteiger partial charge in [-0.2, -0.15) is 5.10 Å². The predicted molar refractivity (Wildman–Crippen MR) is 118 cm³/mol. The van der Waals surface area contributed by atoms with E-state index in [-0.39, 0.29) is 6.04 Å². The van der Waals surface area contributed by atoms with Crippen LogP contribution in [0.2, 0.25) is 0 Å². The van der Waals surface area contributed by atoms with E-state index in [0.29, 0.717) is 41.3 Å². The van der Waals surface area contributed by atoms with Gasteiger partial charge in [-0.25, -0.2) is 19.0 Å². The molecular weight excluding hydrogens is 395 g/mol. The minimum absolute atomic E-state index is 0.333. The normalized spacial score (nSPS) is 19.5. The van der Waals surface area contributed by atoms with Crippen LogP contribution in [0.1, 0.15) is 12.5 Å². The standard InChI is InChI=1S/C23H23FN6O/c1-29-12-11-19(18(24)13-29)30-23-20(22(25)26-14-27-23)21(28-30)15-7-9-17(10-8-15)31-16-5-3-2-4-6-16/h2-10,14,18-19H,11-13H2,1H3,(H2,25,26,27)/t18-,19-/m1/s1. The van der Waals surface area contributed by atoms with Crippen molar-refractivity contribution >= 4 is 16.9 Å². The number of likely N-dealkylation sites (tertiary alicyclic amines) is 1. The van der Waals surface area contributed by atoms with Crippen molar-refractivity contribution in [3.63, 3.8) is 0 Å². The van der Waals surface area contributed by atoms with E-state index < -0.39 is 6.17 Å². The van der Waals surface area contributed by atoms with E-state index in [1.807, 2.05) is 66.5 Å². The number of aromatic nitrogens is 4. The zero-order valence-corrected chi connectivity index (χ0v) is 17.1. The lowest BCUT2D eigenvalue weighted by molar-refractivity contribution is 0.103. The number of nitrogens with two attached hydrogens (primary N) is 1. The van der Waals surface area contributed by atoms with Crippen LogP contribution in [0.4, 0.5) is 10.2 Å². The lowest BCUT2D eigenvalue weighted by Crippen LogP contribution is -2.40. The van der Waals surface area contributed by atoms with Crippen LogP contribution in [0.5, 0.6) is 11.5 Å². The third-order valence-corrected chi connectivity index (χ3v) is 5.65. The summed E-state index contributed by atoms with van der Waals surface area (Å²) in [7, 11) is 1.93. The highest BCUT2D eigenvalue weighted by Gasteiger charge is 2.32. The maximum absolute atomic E-state index is 14.9. The van der Waals surface area contributed by atoms with E-state index in [0.717, 1.165) is 17.9 Å². The molecule has 7 nitrogen and oxygen atoms in total. The highest BCUT2D eigenvalue weighted by Crippen LogP contribution is 2.35. The Hall–Kier alpha value is -3.52. The van der Waals surface area contributed by atoms with Crippen molar-refractivity contribution in [1.82, 2.24) is 24.6 Å². The number of ether oxygens (including phenoxy) is 1. The lowest BCUT2D eigenvalue weighted by atomic mass is 10.0. The van der Waals surface area contributed by atoms with Crippen LogP contribution in [-0.4, -0.2) is 51.0 Å². The third kappa shape index (κ3) is 3.70. The number of alkyl halides is 1. The van der Waals surface area contributed by atoms with Crippen LogP contribution in [0.15, 0.2) is 60.9 Å². The summed E-state index contributed by atoms with van der Waals surface area (Å²) in [6.07, 6.45) is 1.02. The summed E-state index contributed by atoms with van der Waals surface area (Å²) < 4.78 is 22.5. The number of rotatable bonds is 4. The van der Waals surface area contributed by atoms with Gasteiger partial charge in [0.05, 0.1) is 11.4 Å². The molecule has 2 aromatic carbocycles. The van der Waals surface area contributed by atoms with Crippen molar-refractivity contribution in [2.75, 3.05) is 25.9 Å². The van der Waals surface area contributed by atoms with Gasteiger partial charge >= 0.3 is 0 Å². The topological polar surface area (TPSA) is 82.1 Å². The van der Waals surface area contributed by atoms with Crippen LogP contribution in [0, 0.1) is 0 Å². The molecule has 1 aliphatic heterocycles. The van der Waals surface area contributed by atoms with Gasteiger partial charge in [-0.3, -0.25) is 0 Å². The van der Waals surface area contributed by atoms with Gasteiger partial charge in [0.15, 0.2) is 5.65 Å². The Morgan fingerprint density at radius 2 is 1.77 bits per heavy atom. The summed E-state index contributed by atoms with van der Waals surface area (Å²) in [6.45, 7) is 1.17. The minimum Gasteiger partial charge on any atom is -0.457 e. The zero-order valence-electron chi connectivity index (χ0n) is 17.1. The summed E-state index contributed by atoms with van der Waals surface area (Å²) in [6, 6.07) is 16.8. The van der Waals surface area contributed by atoms with E-state index in [1.54, 1.807) is 4.68 Å². The average molecular weight is 418 g/mol. The fourth-order valence-electron chi connectivity index (χ4n) is 4.05. The monoisotopic (exact) mass is 418 g/mol. The molecule has 0 saturated carbocycles. The average Bonchev–Trinajstić information content (AvgIpc) is 3.16. The second-order valence-corrected chi connectivity index (χ2v) is 7.82. The molecular formula is C23H23FN6O. The summed E-state index contributed by atoms with van der Waals surface area (Å²) >= 11 is 0. The molecule has 0 aliphatic carbocycles. The summed E-state index contributed by atoms with van der Waals surface area (Å²) in [5.74, 6) is 1.81. The van der Waals surface area contributed by atoms with Crippen molar-refractivity contribution in [1.29, 1.82) is 0 Å². The van der Waals surface area contributed by atoms with Gasteiger partial charge in [-0.05, 0) is 49.9 Å². The van der Waals surface area contributed by atoms with Crippen LogP contribution >= 0.6 is 0 Å². The molecule has 31 heavy (non-hydrogen) atoms. The molecule has 2 aromatic heterocycles. The maximum atomic E-state index is 14.9. The Labute approximate surface area is 179 Å². The van der Waals surface area contributed by atoms with E-state index in [9.17, 15) is 4.39 Å². The second kappa shape index (κ2) is 7.96. The molecule has 0 bridgehead atoms. The Morgan fingerprint density at radius 1 is 1.03 bits per heavy atom. The van der Waals surface area contributed by atoms with Crippen molar-refractivity contribution < 1.29 is 9.13 Å². The van der Waals surface area contributed by atoms with Crippen molar-refractivity contribution in [2.24, 2.45) is 0 Å². The van der Waals surface area contributed by atoms with Crippen LogP contribution in [-0.2, 0) is 0 Å². The first-order valence-corrected chi connectivity index (χ1v) is 10.2. The number of nitrogen functional groups attached to an aromatic ring is 1. The van der Waals surface area contributed by atoms with Gasteiger partial charge in [0.25, 0.3) is 0 Å². The highest BCUT2D eigenvalue weighted by molar-refractivity contribution is 5.98. The molecule has 158 valence electrons. The van der Waals surface area contributed by atoms with Gasteiger partial charge in [0.1, 0.15) is 35.5 Å². The number of hydrogen-bond acceptors (Lipinski definition) is 6. The summed E-state index contributed by atoms with van der Waals surface area (Å²) in [5.41, 5.74) is 8.24. The van der Waals surface area contributed by atoms with Crippen molar-refractivity contribution in [3.8, 4) is 22.8 Å². The number of hydrogen-bond donors (Lipinski definition) is 1. The van der Waals surface area contributed by atoms with Gasteiger partial charge in [-0.1, -0.05) is 18.2 Å². The van der Waals surface area contributed by atoms with E-state index in [4.69, 9.17) is 15.6 Å². The molecule has 0 spiro atoms. The molecule has 0 amide bonds. The number of anilines is 1. The quantitative estimate of drug-likeness (QED) is 0.538. The molecule has 1 aliphatic rings. The SMILES string of the molecule is CN1CC[C@@H](n2nc(-c3ccc(Oc4ccccc4)cc3)c3c(N)ncnc32)[C@H](F)C1. The van der Waals surface area contributed by atoms with Crippen LogP contribution < -0.4 is 10.5 Å². The van der Waals surface area contributed by atoms with Gasteiger partial charge in [0, 0.05) is 18.7 Å². The molecule has 2 atom stereocenters. The Balaban J connectivity index is 1.53. The van der Waals surface area contributed by atoms with Crippen molar-refractivity contribution in [3.05, 3.63) is 60.9 Å². The summed E-state index contributed by atoms with van der Waals surface area (Å²) in [5, 5.41) is 5.41. The van der Waals surface area contributed by atoms with Gasteiger partial charge in [0.2, 0.25) is 0 Å². The number of nitrogens with zero attached hydrogens (tertiary/aromatic N) is 5. The second-order valence-electron chi connectivity index (χ2n) is 7.82. The largest absolute Gasteiger partial charge is 0.457 e. The fraction of sp³-hybridized carbons (Fsp3) is 0.261. The molecule has 2 N–H and O–H groups in total. The molecule has 8 heteroatoms. The lowest BCUT2D eigenvalue weighted by Gasteiger charge is -2.32. The molecule has 1 fully saturated rings. The zero-order chi connectivity index (χ0) is 21.4. The Bertz CT molecular complexity index is 1190. The fourth-order valence-corrected chi connectivity index (χ4v) is 4.05. The Kier molecular flexibility index (Phi) is 4.99. The maximum Gasteiger partial charge on any atom is 0.164 e. The first-order chi connectivity index (χ1) is 15.1. The first kappa shape index (κ1) is 19.4. The highest BCUT2D eigenvalue weighted by atomic mass is 19.1. The molecule has 1 saturated heterocycles. The van der Waals surface area contributed by atoms with E-state index >= 15 is 0 Å². The van der Waals surface area contributed by atoms with Crippen molar-refractivity contribution in [2.45, 2.75) is 18.6 Å². The predicted octanol–water partition coefficient (Wildman–Crippen LogP) is 4.08. The first-order valence-electron chi connectivity index (χ1n) is 10.2. The number of fused-ring (bicyclic) bond motifs is 1. The molecule has 3 heterocycles. The third-order valence-electron chi connectivity index (χ3n) is 5.65. The molecule has 0 unspecified atom stereocenters. The minimum atomic E-state index is -1.03. The number of halogens is 1. The van der Waals surface area contributed by atoms with E-state index in [1.165, 1.54) is 6.33 Å². The van der Waals surface area contributed by atoms with Crippen LogP contribution in [0.25, 0.3) is 22.3 Å². The van der Waals surface area contributed by atoms with E-state index in [2.05, 4.69) is 9.97 Å². The van der Waals surface area contributed by atoms with Crippen LogP contribution in [0.3, 0.4) is 0 Å². The molecule has 0 radical (unpaired) electrons. The number of benzene rings is 2. The molecule has 5 rings (SSSR count). The number of para-hydroxylation sites is 1. The Morgan fingerprint density at radius 3 is 2.52 bits per heavy atom.